The number of likely N-dealkylation sites (tertiary alicyclic amines) is 1. The highest BCUT2D eigenvalue weighted by Crippen LogP contribution is 2.13. The number of rotatable bonds is 3. The number of nitrogens with one attached hydrogen (secondary N) is 1. The molecule has 1 aliphatic heterocycles. The van der Waals surface area contributed by atoms with Crippen molar-refractivity contribution in [1.82, 2.24) is 10.2 Å². The van der Waals surface area contributed by atoms with Gasteiger partial charge in [-0.25, -0.2) is 0 Å². The Bertz CT molecular complexity index is 318. The Hall–Kier alpha value is -0.860. The third-order valence-corrected chi connectivity index (χ3v) is 3.44. The van der Waals surface area contributed by atoms with E-state index in [4.69, 9.17) is 0 Å². The molecule has 2 heteroatoms. The van der Waals surface area contributed by atoms with Crippen LogP contribution in [0, 0.1) is 6.92 Å². The molecule has 1 atom stereocenters. The molecule has 2 nitrogen and oxygen atoms in total. The lowest BCUT2D eigenvalue weighted by Crippen LogP contribution is -2.43. The normalized spacial score (nSPS) is 22.2. The van der Waals surface area contributed by atoms with Crippen LogP contribution in [0.1, 0.15) is 24.0 Å². The second-order valence-corrected chi connectivity index (χ2v) is 4.85. The van der Waals surface area contributed by atoms with E-state index >= 15 is 0 Å². The quantitative estimate of drug-likeness (QED) is 0.836. The molecule has 0 spiro atoms. The van der Waals surface area contributed by atoms with Gasteiger partial charge in [-0.05, 0) is 38.9 Å². The Kier molecular flexibility index (Phi) is 3.97. The summed E-state index contributed by atoms with van der Waals surface area (Å²) in [7, 11) is 2.07. The van der Waals surface area contributed by atoms with Crippen LogP contribution in [-0.2, 0) is 6.54 Å². The predicted molar refractivity (Wildman–Crippen MR) is 68.5 cm³/mol. The summed E-state index contributed by atoms with van der Waals surface area (Å²) >= 11 is 0. The van der Waals surface area contributed by atoms with Gasteiger partial charge in [-0.15, -0.1) is 0 Å². The van der Waals surface area contributed by atoms with Gasteiger partial charge >= 0.3 is 0 Å². The lowest BCUT2D eigenvalue weighted by Gasteiger charge is -2.32. The van der Waals surface area contributed by atoms with E-state index in [9.17, 15) is 0 Å². The zero-order valence-electron chi connectivity index (χ0n) is 10.4. The maximum atomic E-state index is 3.39. The zero-order chi connectivity index (χ0) is 11.4. The molecule has 1 aromatic rings. The number of likely N-dealkylation sites (N-methyl/N-ethyl adjacent to an activating group) is 1. The Morgan fingerprint density at radius 2 is 2.06 bits per heavy atom. The largest absolute Gasteiger partial charge is 0.316 e. The van der Waals surface area contributed by atoms with Gasteiger partial charge in [0.05, 0.1) is 0 Å². The second kappa shape index (κ2) is 5.46. The first-order valence-corrected chi connectivity index (χ1v) is 6.23. The number of benzene rings is 1. The summed E-state index contributed by atoms with van der Waals surface area (Å²) in [6.45, 7) is 5.66. The van der Waals surface area contributed by atoms with Crippen LogP contribution in [0.3, 0.4) is 0 Å². The van der Waals surface area contributed by atoms with Gasteiger partial charge in [0.15, 0.2) is 0 Å². The van der Waals surface area contributed by atoms with Gasteiger partial charge in [-0.2, -0.15) is 0 Å². The second-order valence-electron chi connectivity index (χ2n) is 4.85. The summed E-state index contributed by atoms with van der Waals surface area (Å²) in [6, 6.07) is 9.58. The van der Waals surface area contributed by atoms with Gasteiger partial charge in [0, 0.05) is 19.1 Å². The fourth-order valence-electron chi connectivity index (χ4n) is 2.39. The van der Waals surface area contributed by atoms with E-state index in [0.29, 0.717) is 6.04 Å². The minimum absolute atomic E-state index is 0.680. The Labute approximate surface area is 98.7 Å². The minimum Gasteiger partial charge on any atom is -0.316 e. The standard InChI is InChI=1S/C14H22N2/c1-12-5-7-13(8-6-12)10-16-9-3-4-14(11-16)15-2/h5-8,14-15H,3-4,9-11H2,1-2H3. The van der Waals surface area contributed by atoms with Crippen LogP contribution in [0.15, 0.2) is 24.3 Å². The van der Waals surface area contributed by atoms with Crippen molar-refractivity contribution in [3.8, 4) is 0 Å². The molecule has 0 aliphatic carbocycles. The van der Waals surface area contributed by atoms with Crippen molar-refractivity contribution in [2.24, 2.45) is 0 Å². The highest BCUT2D eigenvalue weighted by molar-refractivity contribution is 5.21. The molecule has 1 heterocycles. The molecular weight excluding hydrogens is 196 g/mol. The summed E-state index contributed by atoms with van der Waals surface area (Å²) in [6.07, 6.45) is 2.64. The molecule has 88 valence electrons. The highest BCUT2D eigenvalue weighted by atomic mass is 15.2. The highest BCUT2D eigenvalue weighted by Gasteiger charge is 2.17. The topological polar surface area (TPSA) is 15.3 Å². The van der Waals surface area contributed by atoms with E-state index in [1.807, 2.05) is 0 Å². The predicted octanol–water partition coefficient (Wildman–Crippen LogP) is 2.18. The molecule has 0 saturated carbocycles. The average Bonchev–Trinajstić information content (AvgIpc) is 2.32. The lowest BCUT2D eigenvalue weighted by atomic mass is 10.0. The van der Waals surface area contributed by atoms with Crippen molar-refractivity contribution >= 4 is 0 Å². The van der Waals surface area contributed by atoms with Gasteiger partial charge in [-0.3, -0.25) is 4.90 Å². The molecule has 0 aromatic heterocycles. The van der Waals surface area contributed by atoms with Crippen molar-refractivity contribution < 1.29 is 0 Å². The smallest absolute Gasteiger partial charge is 0.0234 e. The number of hydrogen-bond acceptors (Lipinski definition) is 2. The molecule has 0 amide bonds. The molecule has 1 N–H and O–H groups in total. The third kappa shape index (κ3) is 3.06. The van der Waals surface area contributed by atoms with Gasteiger partial charge in [0.25, 0.3) is 0 Å². The first-order valence-electron chi connectivity index (χ1n) is 6.23. The molecule has 1 aromatic carbocycles. The number of piperidine rings is 1. The molecule has 1 saturated heterocycles. The lowest BCUT2D eigenvalue weighted by molar-refractivity contribution is 0.188. The van der Waals surface area contributed by atoms with Crippen LogP contribution >= 0.6 is 0 Å². The van der Waals surface area contributed by atoms with Crippen LogP contribution in [0.4, 0.5) is 0 Å². The monoisotopic (exact) mass is 218 g/mol. The molecule has 16 heavy (non-hydrogen) atoms. The summed E-state index contributed by atoms with van der Waals surface area (Å²) in [5, 5.41) is 3.39. The van der Waals surface area contributed by atoms with E-state index in [1.54, 1.807) is 0 Å². The van der Waals surface area contributed by atoms with Gasteiger partial charge in [-0.1, -0.05) is 29.8 Å². The molecular formula is C14H22N2. The van der Waals surface area contributed by atoms with Crippen LogP contribution in [0.25, 0.3) is 0 Å². The molecule has 0 bridgehead atoms. The first kappa shape index (κ1) is 11.6. The molecule has 1 fully saturated rings. The maximum Gasteiger partial charge on any atom is 0.0234 e. The van der Waals surface area contributed by atoms with E-state index in [0.717, 1.165) is 6.54 Å². The van der Waals surface area contributed by atoms with Crippen LogP contribution in [0.2, 0.25) is 0 Å². The summed E-state index contributed by atoms with van der Waals surface area (Å²) < 4.78 is 0. The summed E-state index contributed by atoms with van der Waals surface area (Å²) in [5.41, 5.74) is 2.78. The maximum absolute atomic E-state index is 3.39. The summed E-state index contributed by atoms with van der Waals surface area (Å²) in [5.74, 6) is 0. The molecule has 0 radical (unpaired) electrons. The minimum atomic E-state index is 0.680. The Balaban J connectivity index is 1.91. The zero-order valence-corrected chi connectivity index (χ0v) is 10.4. The van der Waals surface area contributed by atoms with Crippen LogP contribution in [0.5, 0.6) is 0 Å². The SMILES string of the molecule is CNC1CCCN(Cc2ccc(C)cc2)C1. The van der Waals surface area contributed by atoms with E-state index < -0.39 is 0 Å². The van der Waals surface area contributed by atoms with Crippen LogP contribution in [-0.4, -0.2) is 31.1 Å². The van der Waals surface area contributed by atoms with Crippen molar-refractivity contribution in [2.45, 2.75) is 32.4 Å². The first-order chi connectivity index (χ1) is 7.78. The third-order valence-electron chi connectivity index (χ3n) is 3.44. The van der Waals surface area contributed by atoms with E-state index in [2.05, 4.69) is 48.5 Å². The molecule has 1 aliphatic rings. The van der Waals surface area contributed by atoms with Gasteiger partial charge in [0.2, 0.25) is 0 Å². The fourth-order valence-corrected chi connectivity index (χ4v) is 2.39. The fraction of sp³-hybridized carbons (Fsp3) is 0.571. The summed E-state index contributed by atoms with van der Waals surface area (Å²) in [4.78, 5) is 2.55. The Morgan fingerprint density at radius 1 is 1.31 bits per heavy atom. The van der Waals surface area contributed by atoms with Crippen LogP contribution < -0.4 is 5.32 Å². The number of hydrogen-bond donors (Lipinski definition) is 1. The number of aryl methyl sites for hydroxylation is 1. The number of nitrogens with zero attached hydrogens (tertiary/aromatic N) is 1. The molecule has 1 unspecified atom stereocenters. The average molecular weight is 218 g/mol. The van der Waals surface area contributed by atoms with E-state index in [-0.39, 0.29) is 0 Å². The van der Waals surface area contributed by atoms with E-state index in [1.165, 1.54) is 37.1 Å². The molecule has 2 rings (SSSR count). The Morgan fingerprint density at radius 3 is 2.75 bits per heavy atom. The van der Waals surface area contributed by atoms with Gasteiger partial charge in [0.1, 0.15) is 0 Å². The van der Waals surface area contributed by atoms with Crippen molar-refractivity contribution in [3.63, 3.8) is 0 Å². The van der Waals surface area contributed by atoms with Crippen molar-refractivity contribution in [2.75, 3.05) is 20.1 Å². The van der Waals surface area contributed by atoms with Gasteiger partial charge < -0.3 is 5.32 Å². The van der Waals surface area contributed by atoms with Crippen molar-refractivity contribution in [1.29, 1.82) is 0 Å². The van der Waals surface area contributed by atoms with Crippen molar-refractivity contribution in [3.05, 3.63) is 35.4 Å².